The van der Waals surface area contributed by atoms with Crippen molar-refractivity contribution in [2.45, 2.75) is 18.3 Å². The average molecular weight is 251 g/mol. The lowest BCUT2D eigenvalue weighted by molar-refractivity contribution is -0.385. The van der Waals surface area contributed by atoms with Gasteiger partial charge in [0.15, 0.2) is 0 Å². The van der Waals surface area contributed by atoms with E-state index in [0.29, 0.717) is 0 Å². The van der Waals surface area contributed by atoms with Crippen LogP contribution in [0.15, 0.2) is 18.2 Å². The van der Waals surface area contributed by atoms with Crippen LogP contribution in [0.5, 0.6) is 0 Å². The molecule has 1 aromatic rings. The molecule has 0 saturated heterocycles. The highest BCUT2D eigenvalue weighted by atomic mass is 16.6. The van der Waals surface area contributed by atoms with Crippen molar-refractivity contribution < 1.29 is 24.7 Å². The summed E-state index contributed by atoms with van der Waals surface area (Å²) in [5.74, 6) is -4.54. The van der Waals surface area contributed by atoms with Crippen LogP contribution in [0.25, 0.3) is 0 Å². The first-order valence-electron chi connectivity index (χ1n) is 5.16. The van der Waals surface area contributed by atoms with Crippen LogP contribution in [0.3, 0.4) is 0 Å². The van der Waals surface area contributed by atoms with Crippen molar-refractivity contribution in [3.8, 4) is 0 Å². The number of benzene rings is 1. The maximum atomic E-state index is 11.1. The van der Waals surface area contributed by atoms with Gasteiger partial charge in [-0.1, -0.05) is 12.1 Å². The third-order valence-corrected chi connectivity index (χ3v) is 3.11. The van der Waals surface area contributed by atoms with Crippen LogP contribution in [-0.4, -0.2) is 27.1 Å². The quantitative estimate of drug-likeness (QED) is 0.618. The van der Waals surface area contributed by atoms with Gasteiger partial charge < -0.3 is 10.2 Å². The highest BCUT2D eigenvalue weighted by Gasteiger charge is 2.43. The number of fused-ring (bicyclic) bond motifs is 1. The van der Waals surface area contributed by atoms with Crippen molar-refractivity contribution in [2.75, 3.05) is 0 Å². The predicted octanol–water partition coefficient (Wildman–Crippen LogP) is 1.33. The van der Waals surface area contributed by atoms with Crippen molar-refractivity contribution in [1.82, 2.24) is 0 Å². The number of nitrogens with zero attached hydrogens (tertiary/aromatic N) is 1. The van der Waals surface area contributed by atoms with Crippen molar-refractivity contribution >= 4 is 17.6 Å². The Hall–Kier alpha value is -2.44. The maximum Gasteiger partial charge on any atom is 0.311 e. The molecule has 0 bridgehead atoms. The molecule has 0 aromatic heterocycles. The summed E-state index contributed by atoms with van der Waals surface area (Å²) in [7, 11) is 0. The van der Waals surface area contributed by atoms with E-state index in [1.807, 2.05) is 0 Å². The third kappa shape index (κ3) is 1.69. The van der Waals surface area contributed by atoms with Crippen molar-refractivity contribution in [1.29, 1.82) is 0 Å². The van der Waals surface area contributed by atoms with Crippen LogP contribution in [0, 0.1) is 10.1 Å². The van der Waals surface area contributed by atoms with Crippen LogP contribution in [0.1, 0.15) is 29.4 Å². The van der Waals surface area contributed by atoms with Gasteiger partial charge in [0.25, 0.3) is 5.69 Å². The number of nitro benzene ring substituents is 1. The van der Waals surface area contributed by atoms with Gasteiger partial charge in [-0.3, -0.25) is 19.7 Å². The molecule has 0 heterocycles. The zero-order valence-corrected chi connectivity index (χ0v) is 9.07. The number of hydrogen-bond donors (Lipinski definition) is 2. The minimum Gasteiger partial charge on any atom is -0.481 e. The van der Waals surface area contributed by atoms with E-state index in [-0.39, 0.29) is 23.2 Å². The Morgan fingerprint density at radius 1 is 1.22 bits per heavy atom. The van der Waals surface area contributed by atoms with E-state index in [1.54, 1.807) is 0 Å². The Morgan fingerprint density at radius 3 is 2.33 bits per heavy atom. The van der Waals surface area contributed by atoms with Gasteiger partial charge in [0, 0.05) is 11.6 Å². The van der Waals surface area contributed by atoms with Gasteiger partial charge in [-0.25, -0.2) is 0 Å². The van der Waals surface area contributed by atoms with Gasteiger partial charge >= 0.3 is 11.9 Å². The summed E-state index contributed by atoms with van der Waals surface area (Å²) in [6.45, 7) is 0. The first-order chi connectivity index (χ1) is 8.43. The zero-order chi connectivity index (χ0) is 13.4. The summed E-state index contributed by atoms with van der Waals surface area (Å²) in [5.41, 5.74) is -0.0878. The van der Waals surface area contributed by atoms with E-state index >= 15 is 0 Å². The molecule has 18 heavy (non-hydrogen) atoms. The number of rotatable bonds is 3. The lowest BCUT2D eigenvalue weighted by Crippen LogP contribution is -2.11. The average Bonchev–Trinajstić information content (AvgIpc) is 2.67. The summed E-state index contributed by atoms with van der Waals surface area (Å²) in [6, 6.07) is 4.00. The number of aliphatic carboxylic acids is 2. The fraction of sp³-hybridized carbons (Fsp3) is 0.273. The second kappa shape index (κ2) is 4.10. The number of carboxylic acid groups (broad SMARTS) is 2. The molecule has 2 atom stereocenters. The van der Waals surface area contributed by atoms with Gasteiger partial charge in [0.2, 0.25) is 0 Å². The molecule has 0 unspecified atom stereocenters. The Balaban J connectivity index is 2.65. The first-order valence-corrected chi connectivity index (χ1v) is 5.16. The Labute approximate surface area is 101 Å². The van der Waals surface area contributed by atoms with Crippen molar-refractivity contribution in [2.24, 2.45) is 0 Å². The minimum absolute atomic E-state index is 0.0161. The van der Waals surface area contributed by atoms with Gasteiger partial charge in [-0.2, -0.15) is 0 Å². The topological polar surface area (TPSA) is 118 Å². The molecule has 7 nitrogen and oxygen atoms in total. The molecule has 0 radical (unpaired) electrons. The van der Waals surface area contributed by atoms with Crippen LogP contribution < -0.4 is 0 Å². The molecular weight excluding hydrogens is 242 g/mol. The zero-order valence-electron chi connectivity index (χ0n) is 9.07. The molecule has 0 saturated carbocycles. The fourth-order valence-electron chi connectivity index (χ4n) is 2.35. The van der Waals surface area contributed by atoms with Gasteiger partial charge in [0.1, 0.15) is 0 Å². The molecule has 1 aromatic carbocycles. The number of nitro groups is 1. The summed E-state index contributed by atoms with van der Waals surface area (Å²) >= 11 is 0. The van der Waals surface area contributed by atoms with Gasteiger partial charge in [-0.15, -0.1) is 0 Å². The van der Waals surface area contributed by atoms with Crippen molar-refractivity contribution in [3.05, 3.63) is 39.4 Å². The lowest BCUT2D eigenvalue weighted by atomic mass is 9.99. The van der Waals surface area contributed by atoms with Crippen LogP contribution in [0.4, 0.5) is 5.69 Å². The highest BCUT2D eigenvalue weighted by Crippen LogP contribution is 2.46. The molecule has 0 fully saturated rings. The van der Waals surface area contributed by atoms with E-state index < -0.39 is 28.7 Å². The van der Waals surface area contributed by atoms with Crippen LogP contribution >= 0.6 is 0 Å². The summed E-state index contributed by atoms with van der Waals surface area (Å²) in [6.07, 6.45) is -0.148. The molecular formula is C11H9NO6. The normalized spacial score (nSPS) is 21.3. The largest absolute Gasteiger partial charge is 0.481 e. The molecule has 0 aliphatic heterocycles. The Kier molecular flexibility index (Phi) is 2.74. The lowest BCUT2D eigenvalue weighted by Gasteiger charge is -2.05. The molecule has 0 spiro atoms. The Bertz CT molecular complexity index is 552. The molecule has 1 aliphatic rings. The summed E-state index contributed by atoms with van der Waals surface area (Å²) < 4.78 is 0. The second-order valence-electron chi connectivity index (χ2n) is 4.05. The molecule has 2 rings (SSSR count). The minimum atomic E-state index is -1.24. The molecule has 2 N–H and O–H groups in total. The van der Waals surface area contributed by atoms with E-state index in [0.717, 1.165) is 0 Å². The third-order valence-electron chi connectivity index (χ3n) is 3.11. The summed E-state index contributed by atoms with van der Waals surface area (Å²) in [4.78, 5) is 32.3. The summed E-state index contributed by atoms with van der Waals surface area (Å²) in [5, 5.41) is 28.9. The molecule has 1 aliphatic carbocycles. The number of hydrogen-bond acceptors (Lipinski definition) is 4. The molecule has 0 amide bonds. The van der Waals surface area contributed by atoms with Crippen molar-refractivity contribution in [3.63, 3.8) is 0 Å². The SMILES string of the molecule is O=C(O)[C@H]1C[C@@H](C(=O)O)c2c1cccc2[N+](=O)[O-]. The van der Waals surface area contributed by atoms with Gasteiger partial charge in [0.05, 0.1) is 16.8 Å². The van der Waals surface area contributed by atoms with Crippen LogP contribution in [-0.2, 0) is 9.59 Å². The number of carbonyl (C=O) groups is 2. The van der Waals surface area contributed by atoms with E-state index in [1.165, 1.54) is 18.2 Å². The smallest absolute Gasteiger partial charge is 0.311 e. The van der Waals surface area contributed by atoms with Gasteiger partial charge in [-0.05, 0) is 12.0 Å². The van der Waals surface area contributed by atoms with Crippen LogP contribution in [0.2, 0.25) is 0 Å². The fourth-order valence-corrected chi connectivity index (χ4v) is 2.35. The maximum absolute atomic E-state index is 11.1. The predicted molar refractivity (Wildman–Crippen MR) is 58.5 cm³/mol. The standard InChI is InChI=1S/C11H9NO6/c13-10(14)6-4-7(11(15)16)9-5(6)2-1-3-8(9)12(17)18/h1-3,6-7H,4H2,(H,13,14)(H,15,16)/t6-,7+/m0/s1. The molecule has 94 valence electrons. The monoisotopic (exact) mass is 251 g/mol. The van der Waals surface area contributed by atoms with E-state index in [9.17, 15) is 19.7 Å². The molecule has 7 heteroatoms. The van der Waals surface area contributed by atoms with E-state index in [2.05, 4.69) is 0 Å². The van der Waals surface area contributed by atoms with E-state index in [4.69, 9.17) is 10.2 Å². The Morgan fingerprint density at radius 2 is 1.83 bits per heavy atom. The highest BCUT2D eigenvalue weighted by molar-refractivity contribution is 5.86. The number of carboxylic acids is 2. The first kappa shape index (κ1) is 12.0. The second-order valence-corrected chi connectivity index (χ2v) is 4.05.